The molecule has 3 aromatic rings. The predicted molar refractivity (Wildman–Crippen MR) is 113 cm³/mol. The second-order valence-electron chi connectivity index (χ2n) is 7.08. The molecule has 2 N–H and O–H groups in total. The van der Waals surface area contributed by atoms with E-state index < -0.39 is 28.9 Å². The van der Waals surface area contributed by atoms with Crippen LogP contribution in [0.4, 0.5) is 30.5 Å². The Hall–Kier alpha value is -3.93. The van der Waals surface area contributed by atoms with Crippen LogP contribution in [0.15, 0.2) is 59.8 Å². The monoisotopic (exact) mass is 478 g/mol. The molecule has 4 rings (SSSR count). The molecule has 1 aliphatic rings. The Labute approximate surface area is 189 Å². The molecular weight excluding hydrogens is 465 g/mol. The number of aromatic nitrogens is 3. The van der Waals surface area contributed by atoms with Gasteiger partial charge in [0, 0.05) is 28.5 Å². The number of fused-ring (bicyclic) bond motifs is 1. The summed E-state index contributed by atoms with van der Waals surface area (Å²) in [5, 5.41) is 20.4. The van der Waals surface area contributed by atoms with Crippen LogP contribution < -0.4 is 10.6 Å². The highest BCUT2D eigenvalue weighted by atomic mass is 35.5. The quantitative estimate of drug-likeness (QED) is 0.411. The number of carbonyl (C=O) groups excluding carboxylic acids is 1. The fraction of sp³-hybridized carbons (Fsp3) is 0.150. The molecule has 0 saturated heterocycles. The molecule has 9 nitrogen and oxygen atoms in total. The first kappa shape index (κ1) is 22.3. The van der Waals surface area contributed by atoms with E-state index in [0.29, 0.717) is 16.3 Å². The van der Waals surface area contributed by atoms with Crippen molar-refractivity contribution in [3.8, 4) is 0 Å². The topological polar surface area (TPSA) is 115 Å². The zero-order valence-corrected chi connectivity index (χ0v) is 17.5. The molecule has 1 amide bonds. The second-order valence-corrected chi connectivity index (χ2v) is 7.51. The Balaban J connectivity index is 1.80. The number of non-ortho nitro benzene ring substituents is 1. The summed E-state index contributed by atoms with van der Waals surface area (Å²) in [6.45, 7) is 1.51. The predicted octanol–water partition coefficient (Wildman–Crippen LogP) is 4.79. The fourth-order valence-corrected chi connectivity index (χ4v) is 3.51. The zero-order valence-electron chi connectivity index (χ0n) is 16.7. The SMILES string of the molecule is CC1=C(C(=O)Nc2ccc(Cl)cc2)C(c2ccc([N+](=O)[O-])cc2)n2nc(C(F)(F)F)nc2N1. The van der Waals surface area contributed by atoms with Crippen molar-refractivity contribution < 1.29 is 22.9 Å². The van der Waals surface area contributed by atoms with E-state index >= 15 is 0 Å². The van der Waals surface area contributed by atoms with E-state index in [2.05, 4.69) is 20.7 Å². The number of amides is 1. The van der Waals surface area contributed by atoms with Crippen LogP contribution in [0.5, 0.6) is 0 Å². The summed E-state index contributed by atoms with van der Waals surface area (Å²) < 4.78 is 40.8. The second kappa shape index (κ2) is 8.20. The lowest BCUT2D eigenvalue weighted by molar-refractivity contribution is -0.384. The first-order valence-corrected chi connectivity index (χ1v) is 9.75. The van der Waals surface area contributed by atoms with Gasteiger partial charge in [0.05, 0.1) is 10.5 Å². The number of hydrogen-bond donors (Lipinski definition) is 2. The number of benzene rings is 2. The summed E-state index contributed by atoms with van der Waals surface area (Å²) in [5.41, 5.74) is 0.814. The fourth-order valence-electron chi connectivity index (χ4n) is 3.38. The van der Waals surface area contributed by atoms with Gasteiger partial charge in [-0.3, -0.25) is 14.9 Å². The van der Waals surface area contributed by atoms with Crippen LogP contribution in [0.3, 0.4) is 0 Å². The molecule has 1 aliphatic heterocycles. The van der Waals surface area contributed by atoms with Gasteiger partial charge in [-0.25, -0.2) is 4.68 Å². The van der Waals surface area contributed by atoms with E-state index in [9.17, 15) is 28.1 Å². The molecular formula is C20H14ClF3N6O3. The van der Waals surface area contributed by atoms with Gasteiger partial charge in [0.15, 0.2) is 0 Å². The number of hydrogen-bond acceptors (Lipinski definition) is 6. The van der Waals surface area contributed by atoms with Crippen molar-refractivity contribution in [2.24, 2.45) is 0 Å². The average Bonchev–Trinajstić information content (AvgIpc) is 3.18. The number of nitrogens with zero attached hydrogens (tertiary/aromatic N) is 4. The average molecular weight is 479 g/mol. The summed E-state index contributed by atoms with van der Waals surface area (Å²) in [7, 11) is 0. The van der Waals surface area contributed by atoms with Crippen LogP contribution in [0, 0.1) is 10.1 Å². The van der Waals surface area contributed by atoms with Crippen molar-refractivity contribution in [1.82, 2.24) is 14.8 Å². The summed E-state index contributed by atoms with van der Waals surface area (Å²) in [5.74, 6) is -2.21. The number of carbonyl (C=O) groups is 1. The minimum Gasteiger partial charge on any atom is -0.328 e. The normalized spacial score (nSPS) is 15.6. The first-order chi connectivity index (χ1) is 15.5. The van der Waals surface area contributed by atoms with E-state index in [4.69, 9.17) is 11.6 Å². The van der Waals surface area contributed by atoms with Crippen LogP contribution in [0.25, 0.3) is 0 Å². The van der Waals surface area contributed by atoms with Gasteiger partial charge in [-0.2, -0.15) is 18.2 Å². The number of halogens is 4. The Morgan fingerprint density at radius 2 is 1.82 bits per heavy atom. The molecule has 2 heterocycles. The Kier molecular flexibility index (Phi) is 5.54. The largest absolute Gasteiger partial charge is 0.453 e. The summed E-state index contributed by atoms with van der Waals surface area (Å²) >= 11 is 5.86. The molecule has 1 aromatic heterocycles. The van der Waals surface area contributed by atoms with Gasteiger partial charge in [-0.1, -0.05) is 11.6 Å². The van der Waals surface area contributed by atoms with Gasteiger partial charge >= 0.3 is 6.18 Å². The highest BCUT2D eigenvalue weighted by molar-refractivity contribution is 6.30. The molecule has 2 aromatic carbocycles. The minimum atomic E-state index is -4.81. The molecule has 0 saturated carbocycles. The maximum Gasteiger partial charge on any atom is 0.453 e. The molecule has 1 unspecified atom stereocenters. The standard InChI is InChI=1S/C20H14ClF3N6O3/c1-10-15(17(31)26-13-6-4-12(21)5-7-13)16(11-2-8-14(9-3-11)30(32)33)29-19(25-10)27-18(28-29)20(22,23)24/h2-9,16H,1H3,(H,26,31)(H,25,27,28). The lowest BCUT2D eigenvalue weighted by atomic mass is 9.95. The van der Waals surface area contributed by atoms with Crippen LogP contribution in [0.2, 0.25) is 5.02 Å². The third kappa shape index (κ3) is 4.37. The number of allylic oxidation sites excluding steroid dienone is 1. The molecule has 0 spiro atoms. The van der Waals surface area contributed by atoms with Crippen molar-refractivity contribution in [3.63, 3.8) is 0 Å². The van der Waals surface area contributed by atoms with E-state index in [-0.39, 0.29) is 22.9 Å². The Bertz CT molecular complexity index is 1270. The highest BCUT2D eigenvalue weighted by Crippen LogP contribution is 2.38. The number of rotatable bonds is 4. The molecule has 0 fully saturated rings. The van der Waals surface area contributed by atoms with Gasteiger partial charge in [0.1, 0.15) is 6.04 Å². The smallest absolute Gasteiger partial charge is 0.328 e. The van der Waals surface area contributed by atoms with Gasteiger partial charge < -0.3 is 10.6 Å². The van der Waals surface area contributed by atoms with Crippen molar-refractivity contribution in [2.45, 2.75) is 19.1 Å². The molecule has 0 radical (unpaired) electrons. The molecule has 13 heteroatoms. The summed E-state index contributed by atoms with van der Waals surface area (Å²) in [6.07, 6.45) is -4.81. The van der Waals surface area contributed by atoms with E-state index in [1.165, 1.54) is 31.2 Å². The minimum absolute atomic E-state index is 0.0601. The van der Waals surface area contributed by atoms with Crippen molar-refractivity contribution in [1.29, 1.82) is 0 Å². The lowest BCUT2D eigenvalue weighted by Crippen LogP contribution is -2.31. The van der Waals surface area contributed by atoms with Crippen molar-refractivity contribution >= 4 is 34.8 Å². The highest BCUT2D eigenvalue weighted by Gasteiger charge is 2.41. The molecule has 0 aliphatic carbocycles. The van der Waals surface area contributed by atoms with E-state index in [0.717, 1.165) is 4.68 Å². The van der Waals surface area contributed by atoms with Crippen molar-refractivity contribution in [2.75, 3.05) is 10.6 Å². The summed E-state index contributed by atoms with van der Waals surface area (Å²) in [6, 6.07) is 10.2. The van der Waals surface area contributed by atoms with E-state index in [1.807, 2.05) is 0 Å². The summed E-state index contributed by atoms with van der Waals surface area (Å²) in [4.78, 5) is 27.1. The molecule has 33 heavy (non-hydrogen) atoms. The molecule has 0 bridgehead atoms. The van der Waals surface area contributed by atoms with Gasteiger partial charge in [-0.05, 0) is 48.9 Å². The number of nitro groups is 1. The maximum atomic E-state index is 13.3. The van der Waals surface area contributed by atoms with E-state index in [1.54, 1.807) is 24.3 Å². The number of nitro benzene ring substituents is 1. The van der Waals surface area contributed by atoms with Gasteiger partial charge in [0.25, 0.3) is 17.4 Å². The molecule has 1 atom stereocenters. The third-order valence-corrected chi connectivity index (χ3v) is 5.12. The van der Waals surface area contributed by atoms with Crippen molar-refractivity contribution in [3.05, 3.63) is 86.3 Å². The Morgan fingerprint density at radius 3 is 2.39 bits per heavy atom. The van der Waals surface area contributed by atoms with Crippen LogP contribution in [-0.2, 0) is 11.0 Å². The van der Waals surface area contributed by atoms with Crippen LogP contribution in [-0.4, -0.2) is 25.6 Å². The van der Waals surface area contributed by atoms with Crippen LogP contribution in [0.1, 0.15) is 24.4 Å². The number of alkyl halides is 3. The first-order valence-electron chi connectivity index (χ1n) is 9.37. The Morgan fingerprint density at radius 1 is 1.18 bits per heavy atom. The van der Waals surface area contributed by atoms with Crippen LogP contribution >= 0.6 is 11.6 Å². The number of nitrogens with one attached hydrogen (secondary N) is 2. The van der Waals surface area contributed by atoms with Gasteiger partial charge in [0.2, 0.25) is 5.95 Å². The molecule has 170 valence electrons. The zero-order chi connectivity index (χ0) is 23.9. The lowest BCUT2D eigenvalue weighted by Gasteiger charge is -2.28. The maximum absolute atomic E-state index is 13.3. The number of anilines is 2. The third-order valence-electron chi connectivity index (χ3n) is 4.87. The van der Waals surface area contributed by atoms with Gasteiger partial charge in [-0.15, -0.1) is 5.10 Å².